The topological polar surface area (TPSA) is 23.0 Å². The summed E-state index contributed by atoms with van der Waals surface area (Å²) in [5.74, 6) is 0. The van der Waals surface area contributed by atoms with Gasteiger partial charge in [0.25, 0.3) is 0 Å². The minimum absolute atomic E-state index is 0.895. The van der Waals surface area contributed by atoms with Gasteiger partial charge in [0.2, 0.25) is 5.71 Å². The van der Waals surface area contributed by atoms with Gasteiger partial charge in [-0.25, -0.2) is 0 Å². The van der Waals surface area contributed by atoms with Gasteiger partial charge in [0.1, 0.15) is 5.58 Å². The molecule has 0 aliphatic carbocycles. The smallest absolute Gasteiger partial charge is 0.213 e. The Bertz CT molecular complexity index is 2640. The average molecular weight is 555 g/mol. The molecule has 10 rings (SSSR count). The second-order valence-electron chi connectivity index (χ2n) is 11.0. The van der Waals surface area contributed by atoms with Gasteiger partial charge in [-0.1, -0.05) is 84.9 Å². The summed E-state index contributed by atoms with van der Waals surface area (Å²) in [5, 5.41) is 8.68. The molecular weight excluding hydrogens is 532 g/mol. The van der Waals surface area contributed by atoms with Gasteiger partial charge in [-0.2, -0.15) is 0 Å². The van der Waals surface area contributed by atoms with Crippen LogP contribution in [0.3, 0.4) is 0 Å². The van der Waals surface area contributed by atoms with Crippen LogP contribution in [0.5, 0.6) is 0 Å². The predicted octanol–water partition coefficient (Wildman–Crippen LogP) is 11.0. The minimum atomic E-state index is 0.895. The average Bonchev–Trinajstić information content (AvgIpc) is 3.77. The van der Waals surface area contributed by atoms with Crippen molar-refractivity contribution in [3.05, 3.63) is 133 Å². The molecule has 4 heteroatoms. The first-order valence-corrected chi connectivity index (χ1v) is 15.0. The summed E-state index contributed by atoms with van der Waals surface area (Å²) in [4.78, 5) is 0. The highest BCUT2D eigenvalue weighted by Gasteiger charge is 2.20. The van der Waals surface area contributed by atoms with Crippen LogP contribution >= 0.6 is 11.3 Å². The Morgan fingerprint density at radius 1 is 0.429 bits per heavy atom. The van der Waals surface area contributed by atoms with Crippen LogP contribution in [0.25, 0.3) is 86.3 Å². The normalized spacial score (nSPS) is 12.3. The molecule has 4 heterocycles. The molecule has 0 radical (unpaired) electrons. The molecule has 0 atom stereocenters. The first kappa shape index (κ1) is 22.4. The van der Waals surface area contributed by atoms with Crippen LogP contribution in [0.1, 0.15) is 0 Å². The highest BCUT2D eigenvalue weighted by atomic mass is 32.1. The Labute approximate surface area is 244 Å². The van der Waals surface area contributed by atoms with Crippen molar-refractivity contribution in [1.82, 2.24) is 9.13 Å². The molecule has 3 nitrogen and oxygen atoms in total. The fourth-order valence-corrected chi connectivity index (χ4v) is 8.10. The van der Waals surface area contributed by atoms with E-state index in [1.54, 1.807) is 0 Å². The van der Waals surface area contributed by atoms with Crippen LogP contribution < -0.4 is 0 Å². The highest BCUT2D eigenvalue weighted by molar-refractivity contribution is 7.25. The number of fused-ring (bicyclic) bond motifs is 11. The molecule has 0 saturated carbocycles. The summed E-state index contributed by atoms with van der Waals surface area (Å²) in [5.41, 5.74) is 7.74. The molecule has 196 valence electrons. The second-order valence-corrected chi connectivity index (χ2v) is 12.0. The molecule has 0 aliphatic rings. The lowest BCUT2D eigenvalue weighted by molar-refractivity contribution is 0.645. The van der Waals surface area contributed by atoms with E-state index in [9.17, 15) is 0 Å². The van der Waals surface area contributed by atoms with Crippen LogP contribution in [0.2, 0.25) is 0 Å². The summed E-state index contributed by atoms with van der Waals surface area (Å²) in [6.07, 6.45) is 0. The third-order valence-electron chi connectivity index (χ3n) is 8.73. The first-order valence-electron chi connectivity index (χ1n) is 14.2. The monoisotopic (exact) mass is 554 g/mol. The zero-order valence-corrected chi connectivity index (χ0v) is 23.2. The summed E-state index contributed by atoms with van der Waals surface area (Å²) < 4.78 is 13.7. The van der Waals surface area contributed by atoms with E-state index in [0.717, 1.165) is 27.9 Å². The van der Waals surface area contributed by atoms with Crippen molar-refractivity contribution in [2.45, 2.75) is 0 Å². The standard InChI is InChI=1S/C38H22N2OS/c1-5-13-31-25(9-1)26-10-2-6-14-32(26)39(31)23-17-19-27-28-20-18-24(22-36(28)42-35(27)21-23)40-33-15-7-3-11-29(33)37-30-12-4-8-16-34(30)41-38(37)40/h1-22H. The molecule has 0 unspecified atom stereocenters. The molecule has 0 amide bonds. The van der Waals surface area contributed by atoms with Crippen LogP contribution in [-0.4, -0.2) is 9.13 Å². The Kier molecular flexibility index (Phi) is 4.33. The molecule has 6 aromatic carbocycles. The van der Waals surface area contributed by atoms with Crippen molar-refractivity contribution >= 4 is 86.3 Å². The number of hydrogen-bond donors (Lipinski definition) is 0. The van der Waals surface area contributed by atoms with Gasteiger partial charge in [0.05, 0.1) is 27.6 Å². The summed E-state index contributed by atoms with van der Waals surface area (Å²) in [6.45, 7) is 0. The van der Waals surface area contributed by atoms with Gasteiger partial charge in [-0.05, 0) is 48.5 Å². The SMILES string of the molecule is c1ccc2c(c1)oc1c2c2ccccc2n1-c1ccc2c(c1)sc1cc(-n3c4ccccc4c4ccccc43)ccc12. The van der Waals surface area contributed by atoms with E-state index in [2.05, 4.69) is 137 Å². The van der Waals surface area contributed by atoms with Crippen LogP contribution in [0, 0.1) is 0 Å². The van der Waals surface area contributed by atoms with E-state index >= 15 is 0 Å². The lowest BCUT2D eigenvalue weighted by Gasteiger charge is -2.08. The fourth-order valence-electron chi connectivity index (χ4n) is 6.93. The first-order chi connectivity index (χ1) is 20.8. The van der Waals surface area contributed by atoms with Crippen LogP contribution in [0.4, 0.5) is 0 Å². The van der Waals surface area contributed by atoms with E-state index in [0.29, 0.717) is 0 Å². The van der Waals surface area contributed by atoms with E-state index in [1.165, 1.54) is 58.4 Å². The molecule has 42 heavy (non-hydrogen) atoms. The Hall–Kier alpha value is -5.32. The molecule has 0 bridgehead atoms. The van der Waals surface area contributed by atoms with E-state index in [-0.39, 0.29) is 0 Å². The van der Waals surface area contributed by atoms with Crippen molar-refractivity contribution in [1.29, 1.82) is 0 Å². The maximum absolute atomic E-state index is 6.48. The molecule has 10 aromatic rings. The van der Waals surface area contributed by atoms with E-state index in [4.69, 9.17) is 4.42 Å². The number of aromatic nitrogens is 2. The highest BCUT2D eigenvalue weighted by Crippen LogP contribution is 2.42. The molecule has 0 aliphatic heterocycles. The van der Waals surface area contributed by atoms with Crippen molar-refractivity contribution in [3.63, 3.8) is 0 Å². The number of thiophene rings is 1. The third-order valence-corrected chi connectivity index (χ3v) is 9.85. The summed E-state index contributed by atoms with van der Waals surface area (Å²) in [6, 6.07) is 48.0. The van der Waals surface area contributed by atoms with Crippen molar-refractivity contribution in [3.8, 4) is 11.4 Å². The Morgan fingerprint density at radius 2 is 0.929 bits per heavy atom. The molecule has 0 fully saturated rings. The van der Waals surface area contributed by atoms with E-state index in [1.807, 2.05) is 17.4 Å². The summed E-state index contributed by atoms with van der Waals surface area (Å²) in [7, 11) is 0. The quantitative estimate of drug-likeness (QED) is 0.208. The fraction of sp³-hybridized carbons (Fsp3) is 0. The zero-order valence-electron chi connectivity index (χ0n) is 22.4. The largest absolute Gasteiger partial charge is 0.439 e. The van der Waals surface area contributed by atoms with Gasteiger partial charge >= 0.3 is 0 Å². The maximum atomic E-state index is 6.48. The number of hydrogen-bond acceptors (Lipinski definition) is 2. The van der Waals surface area contributed by atoms with Crippen molar-refractivity contribution < 1.29 is 4.42 Å². The van der Waals surface area contributed by atoms with Crippen molar-refractivity contribution in [2.75, 3.05) is 0 Å². The maximum Gasteiger partial charge on any atom is 0.213 e. The number of nitrogens with zero attached hydrogens (tertiary/aromatic N) is 2. The van der Waals surface area contributed by atoms with Gasteiger partial charge in [-0.3, -0.25) is 4.57 Å². The van der Waals surface area contributed by atoms with E-state index < -0.39 is 0 Å². The Morgan fingerprint density at radius 3 is 1.57 bits per heavy atom. The third kappa shape index (κ3) is 2.89. The molecular formula is C38H22N2OS. The number of benzene rings is 6. The number of furan rings is 1. The van der Waals surface area contributed by atoms with Gasteiger partial charge in [0, 0.05) is 47.4 Å². The zero-order chi connectivity index (χ0) is 27.4. The second kappa shape index (κ2) is 8.12. The van der Waals surface area contributed by atoms with Gasteiger partial charge < -0.3 is 8.98 Å². The predicted molar refractivity (Wildman–Crippen MR) is 178 cm³/mol. The number of rotatable bonds is 2. The van der Waals surface area contributed by atoms with Crippen LogP contribution in [-0.2, 0) is 0 Å². The lowest BCUT2D eigenvalue weighted by Crippen LogP contribution is -1.93. The van der Waals surface area contributed by atoms with Gasteiger partial charge in [-0.15, -0.1) is 11.3 Å². The van der Waals surface area contributed by atoms with Crippen LogP contribution in [0.15, 0.2) is 138 Å². The molecule has 0 saturated heterocycles. The van der Waals surface area contributed by atoms with Gasteiger partial charge in [0.15, 0.2) is 0 Å². The molecule has 0 N–H and O–H groups in total. The lowest BCUT2D eigenvalue weighted by atomic mass is 10.1. The molecule has 0 spiro atoms. The Balaban J connectivity index is 1.20. The minimum Gasteiger partial charge on any atom is -0.439 e. The van der Waals surface area contributed by atoms with Crippen molar-refractivity contribution in [2.24, 2.45) is 0 Å². The summed E-state index contributed by atoms with van der Waals surface area (Å²) >= 11 is 1.85. The molecule has 4 aromatic heterocycles. The number of para-hydroxylation sites is 4.